The molecule has 2 rings (SSSR count). The Labute approximate surface area is 127 Å². The Kier molecular flexibility index (Phi) is 5.03. The van der Waals surface area contributed by atoms with Crippen LogP contribution in [-0.4, -0.2) is 44.6 Å². The predicted molar refractivity (Wildman–Crippen MR) is 78.2 cm³/mol. The second kappa shape index (κ2) is 6.97. The SMILES string of the molecule is CCCNC(=O)COC(=O)Cc1nc2nc(C)cc(C)n2n1. The number of carbonyl (C=O) groups excluding carboxylic acids is 2. The fraction of sp³-hybridized carbons (Fsp3) is 0.500. The number of ether oxygens (including phenoxy) is 1. The average Bonchev–Trinajstić information content (AvgIpc) is 2.85. The van der Waals surface area contributed by atoms with Crippen LogP contribution in [0.2, 0.25) is 0 Å². The van der Waals surface area contributed by atoms with Crippen LogP contribution in [0.4, 0.5) is 0 Å². The normalized spacial score (nSPS) is 10.7. The van der Waals surface area contributed by atoms with Crippen molar-refractivity contribution in [3.05, 3.63) is 23.3 Å². The first-order valence-electron chi connectivity index (χ1n) is 7.11. The first-order chi connectivity index (χ1) is 10.5. The highest BCUT2D eigenvalue weighted by atomic mass is 16.5. The van der Waals surface area contributed by atoms with Gasteiger partial charge in [-0.2, -0.15) is 4.98 Å². The molecular weight excluding hydrogens is 286 g/mol. The number of aryl methyl sites for hydroxylation is 2. The highest BCUT2D eigenvalue weighted by molar-refractivity contribution is 5.80. The van der Waals surface area contributed by atoms with E-state index in [2.05, 4.69) is 20.4 Å². The molecule has 0 aliphatic heterocycles. The lowest BCUT2D eigenvalue weighted by atomic mass is 10.4. The highest BCUT2D eigenvalue weighted by Crippen LogP contribution is 2.06. The Hall–Kier alpha value is -2.51. The number of aromatic nitrogens is 4. The Morgan fingerprint density at radius 2 is 2.09 bits per heavy atom. The number of fused-ring (bicyclic) bond motifs is 1. The van der Waals surface area contributed by atoms with Gasteiger partial charge < -0.3 is 10.1 Å². The minimum absolute atomic E-state index is 0.0943. The molecule has 0 atom stereocenters. The second-order valence-electron chi connectivity index (χ2n) is 4.97. The fourth-order valence-corrected chi connectivity index (χ4v) is 1.92. The Bertz CT molecular complexity index is 695. The number of esters is 1. The number of hydrogen-bond acceptors (Lipinski definition) is 6. The van der Waals surface area contributed by atoms with Gasteiger partial charge in [0.1, 0.15) is 6.42 Å². The molecule has 0 spiro atoms. The number of nitrogens with zero attached hydrogens (tertiary/aromatic N) is 4. The predicted octanol–water partition coefficient (Wildman–Crippen LogP) is 0.353. The smallest absolute Gasteiger partial charge is 0.314 e. The van der Waals surface area contributed by atoms with Crippen molar-refractivity contribution in [1.82, 2.24) is 24.9 Å². The molecule has 0 aromatic carbocycles. The zero-order valence-corrected chi connectivity index (χ0v) is 12.9. The maximum atomic E-state index is 11.7. The average molecular weight is 305 g/mol. The lowest BCUT2D eigenvalue weighted by molar-refractivity contribution is -0.148. The summed E-state index contributed by atoms with van der Waals surface area (Å²) in [7, 11) is 0. The Morgan fingerprint density at radius 1 is 1.32 bits per heavy atom. The number of rotatable bonds is 6. The summed E-state index contributed by atoms with van der Waals surface area (Å²) in [4.78, 5) is 31.5. The quantitative estimate of drug-likeness (QED) is 0.773. The topological polar surface area (TPSA) is 98.5 Å². The maximum Gasteiger partial charge on any atom is 0.314 e. The van der Waals surface area contributed by atoms with Gasteiger partial charge in [0.05, 0.1) is 0 Å². The van der Waals surface area contributed by atoms with E-state index >= 15 is 0 Å². The van der Waals surface area contributed by atoms with E-state index in [1.54, 1.807) is 4.52 Å². The molecule has 118 valence electrons. The van der Waals surface area contributed by atoms with Crippen molar-refractivity contribution in [2.24, 2.45) is 0 Å². The van der Waals surface area contributed by atoms with Gasteiger partial charge in [0.25, 0.3) is 11.7 Å². The van der Waals surface area contributed by atoms with Crippen LogP contribution in [-0.2, 0) is 20.7 Å². The highest BCUT2D eigenvalue weighted by Gasteiger charge is 2.13. The van der Waals surface area contributed by atoms with Crippen LogP contribution in [0.15, 0.2) is 6.07 Å². The van der Waals surface area contributed by atoms with Gasteiger partial charge in [-0.25, -0.2) is 9.50 Å². The van der Waals surface area contributed by atoms with E-state index in [9.17, 15) is 9.59 Å². The van der Waals surface area contributed by atoms with E-state index in [1.165, 1.54) is 0 Å². The zero-order chi connectivity index (χ0) is 16.1. The van der Waals surface area contributed by atoms with Crippen LogP contribution in [0.5, 0.6) is 0 Å². The van der Waals surface area contributed by atoms with Gasteiger partial charge in [0.15, 0.2) is 12.4 Å². The molecule has 22 heavy (non-hydrogen) atoms. The molecule has 0 radical (unpaired) electrons. The molecule has 0 unspecified atom stereocenters. The molecule has 0 aliphatic carbocycles. The fourth-order valence-electron chi connectivity index (χ4n) is 1.92. The van der Waals surface area contributed by atoms with Gasteiger partial charge in [0, 0.05) is 17.9 Å². The van der Waals surface area contributed by atoms with Gasteiger partial charge in [-0.15, -0.1) is 5.10 Å². The van der Waals surface area contributed by atoms with E-state index in [4.69, 9.17) is 4.74 Å². The molecule has 0 saturated heterocycles. The molecule has 0 saturated carbocycles. The third-order valence-electron chi connectivity index (χ3n) is 2.90. The van der Waals surface area contributed by atoms with Crippen LogP contribution in [0, 0.1) is 13.8 Å². The molecule has 8 nitrogen and oxygen atoms in total. The molecule has 0 aliphatic rings. The third-order valence-corrected chi connectivity index (χ3v) is 2.90. The summed E-state index contributed by atoms with van der Waals surface area (Å²) in [6.07, 6.45) is 0.736. The third kappa shape index (κ3) is 4.00. The number of hydrogen-bond donors (Lipinski definition) is 1. The van der Waals surface area contributed by atoms with E-state index in [0.29, 0.717) is 18.1 Å². The first kappa shape index (κ1) is 15.9. The molecule has 0 bridgehead atoms. The minimum Gasteiger partial charge on any atom is -0.455 e. The Morgan fingerprint density at radius 3 is 2.82 bits per heavy atom. The van der Waals surface area contributed by atoms with Crippen LogP contribution < -0.4 is 5.32 Å². The van der Waals surface area contributed by atoms with Crippen LogP contribution in [0.1, 0.15) is 30.6 Å². The zero-order valence-electron chi connectivity index (χ0n) is 12.9. The summed E-state index contributed by atoms with van der Waals surface area (Å²) < 4.78 is 6.47. The van der Waals surface area contributed by atoms with Crippen molar-refractivity contribution in [2.45, 2.75) is 33.6 Å². The van der Waals surface area contributed by atoms with Crippen LogP contribution >= 0.6 is 0 Å². The van der Waals surface area contributed by atoms with Crippen molar-refractivity contribution >= 4 is 17.7 Å². The van der Waals surface area contributed by atoms with Gasteiger partial charge in [-0.05, 0) is 26.3 Å². The summed E-state index contributed by atoms with van der Waals surface area (Å²) in [5, 5.41) is 6.84. The van der Waals surface area contributed by atoms with Gasteiger partial charge in [-0.1, -0.05) is 6.92 Å². The largest absolute Gasteiger partial charge is 0.455 e. The second-order valence-corrected chi connectivity index (χ2v) is 4.97. The van der Waals surface area contributed by atoms with Crippen molar-refractivity contribution in [1.29, 1.82) is 0 Å². The molecule has 2 aromatic heterocycles. The summed E-state index contributed by atoms with van der Waals surface area (Å²) in [5.41, 5.74) is 1.72. The summed E-state index contributed by atoms with van der Waals surface area (Å²) in [5.74, 6) is -0.0932. The molecule has 0 fully saturated rings. The van der Waals surface area contributed by atoms with E-state index in [1.807, 2.05) is 26.8 Å². The maximum absolute atomic E-state index is 11.7. The van der Waals surface area contributed by atoms with E-state index in [0.717, 1.165) is 17.8 Å². The molecule has 1 N–H and O–H groups in total. The van der Waals surface area contributed by atoms with E-state index < -0.39 is 5.97 Å². The van der Waals surface area contributed by atoms with Crippen molar-refractivity contribution < 1.29 is 14.3 Å². The van der Waals surface area contributed by atoms with Crippen molar-refractivity contribution in [3.8, 4) is 0 Å². The Balaban J connectivity index is 1.94. The number of nitrogens with one attached hydrogen (secondary N) is 1. The lowest BCUT2D eigenvalue weighted by Gasteiger charge is -2.04. The monoisotopic (exact) mass is 305 g/mol. The van der Waals surface area contributed by atoms with Gasteiger partial charge in [-0.3, -0.25) is 9.59 Å². The molecular formula is C14H19N5O3. The summed E-state index contributed by atoms with van der Waals surface area (Å²) in [6.45, 7) is 5.97. The van der Waals surface area contributed by atoms with Crippen LogP contribution in [0.3, 0.4) is 0 Å². The molecule has 2 aromatic rings. The summed E-state index contributed by atoms with van der Waals surface area (Å²) in [6, 6.07) is 1.88. The molecule has 8 heteroatoms. The van der Waals surface area contributed by atoms with Crippen molar-refractivity contribution in [3.63, 3.8) is 0 Å². The standard InChI is InChI=1S/C14H19N5O3/c1-4-5-15-12(20)8-22-13(21)7-11-17-14-16-9(2)6-10(3)19(14)18-11/h6H,4-5,7-8H2,1-3H3,(H,15,20). The van der Waals surface area contributed by atoms with Gasteiger partial charge >= 0.3 is 5.97 Å². The minimum atomic E-state index is -0.545. The van der Waals surface area contributed by atoms with Crippen LogP contribution in [0.25, 0.3) is 5.78 Å². The molecule has 1 amide bonds. The van der Waals surface area contributed by atoms with Gasteiger partial charge in [0.2, 0.25) is 0 Å². The number of amides is 1. The van der Waals surface area contributed by atoms with Crippen molar-refractivity contribution in [2.75, 3.05) is 13.2 Å². The lowest BCUT2D eigenvalue weighted by Crippen LogP contribution is -2.29. The number of carbonyl (C=O) groups is 2. The van der Waals surface area contributed by atoms with E-state index in [-0.39, 0.29) is 18.9 Å². The molecule has 2 heterocycles. The summed E-state index contributed by atoms with van der Waals surface area (Å²) >= 11 is 0. The first-order valence-corrected chi connectivity index (χ1v) is 7.11.